The van der Waals surface area contributed by atoms with E-state index in [-0.39, 0.29) is 18.2 Å². The smallest absolute Gasteiger partial charge is 0.227 e. The Morgan fingerprint density at radius 2 is 1.86 bits per heavy atom. The van der Waals surface area contributed by atoms with Crippen LogP contribution < -0.4 is 22.7 Å². The molecular formula is C16H14BrClN2O. The number of nitrogens with one attached hydrogen (secondary N) is 2. The predicted octanol–water partition coefficient (Wildman–Crippen LogP) is 1.18. The summed E-state index contributed by atoms with van der Waals surface area (Å²) in [5.41, 5.74) is 3.97. The first-order valence-electron chi connectivity index (χ1n) is 6.31. The van der Waals surface area contributed by atoms with E-state index in [0.29, 0.717) is 0 Å². The molecule has 0 saturated carbocycles. The highest BCUT2D eigenvalue weighted by Gasteiger charge is 2.12. The fourth-order valence-corrected chi connectivity index (χ4v) is 2.71. The van der Waals surface area contributed by atoms with E-state index in [2.05, 4.69) is 38.4 Å². The Bertz CT molecular complexity index is 792. The Morgan fingerprint density at radius 1 is 1.10 bits per heavy atom. The summed E-state index contributed by atoms with van der Waals surface area (Å²) >= 11 is 3.56. The molecular weight excluding hydrogens is 352 g/mol. The molecule has 1 aromatic heterocycles. The summed E-state index contributed by atoms with van der Waals surface area (Å²) in [6, 6.07) is 15.2. The molecule has 108 valence electrons. The Morgan fingerprint density at radius 3 is 2.62 bits per heavy atom. The number of aromatic nitrogens is 1. The summed E-state index contributed by atoms with van der Waals surface area (Å²) in [6.45, 7) is 2.02. The highest BCUT2D eigenvalue weighted by molar-refractivity contribution is 9.10. The van der Waals surface area contributed by atoms with Crippen LogP contribution in [0.2, 0.25) is 0 Å². The fraction of sp³-hybridized carbons (Fsp3) is 0.0625. The molecule has 3 nitrogen and oxygen atoms in total. The Kier molecular flexibility index (Phi) is 4.70. The number of para-hydroxylation sites is 1. The van der Waals surface area contributed by atoms with E-state index in [0.717, 1.165) is 32.4 Å². The zero-order chi connectivity index (χ0) is 14.1. The van der Waals surface area contributed by atoms with Gasteiger partial charge in [0.1, 0.15) is 5.75 Å². The van der Waals surface area contributed by atoms with Crippen LogP contribution in [0.5, 0.6) is 5.75 Å². The Hall–Kier alpha value is -1.78. The third kappa shape index (κ3) is 3.28. The third-order valence-electron chi connectivity index (χ3n) is 3.11. The van der Waals surface area contributed by atoms with Crippen LogP contribution in [0.3, 0.4) is 0 Å². The van der Waals surface area contributed by atoms with Crippen molar-refractivity contribution in [2.75, 3.05) is 5.32 Å². The summed E-state index contributed by atoms with van der Waals surface area (Å²) in [4.78, 5) is 3.36. The molecule has 0 aliphatic carbocycles. The highest BCUT2D eigenvalue weighted by Crippen LogP contribution is 2.29. The van der Waals surface area contributed by atoms with E-state index in [1.807, 2.05) is 31.2 Å². The minimum atomic E-state index is 0. The number of phenolic OH excluding ortho intramolecular Hbond substituents is 1. The second-order valence-electron chi connectivity index (χ2n) is 4.70. The molecule has 0 atom stereocenters. The molecule has 3 N–H and O–H groups in total. The number of aromatic hydroxyl groups is 1. The number of H-pyrrole nitrogens is 1. The number of fused-ring (bicyclic) bond motifs is 1. The molecule has 0 aliphatic rings. The van der Waals surface area contributed by atoms with Crippen LogP contribution >= 0.6 is 15.9 Å². The number of pyridine rings is 1. The van der Waals surface area contributed by atoms with Crippen molar-refractivity contribution in [3.63, 3.8) is 0 Å². The van der Waals surface area contributed by atoms with Crippen LogP contribution in [0.15, 0.2) is 53.0 Å². The van der Waals surface area contributed by atoms with Crippen molar-refractivity contribution in [1.82, 2.24) is 0 Å². The van der Waals surface area contributed by atoms with Crippen LogP contribution in [0.1, 0.15) is 5.69 Å². The predicted molar refractivity (Wildman–Crippen MR) is 84.3 cm³/mol. The van der Waals surface area contributed by atoms with Gasteiger partial charge < -0.3 is 22.8 Å². The quantitative estimate of drug-likeness (QED) is 0.716. The van der Waals surface area contributed by atoms with E-state index in [1.165, 1.54) is 0 Å². The van der Waals surface area contributed by atoms with E-state index in [9.17, 15) is 5.11 Å². The molecule has 2 aromatic carbocycles. The number of halogens is 2. The number of benzene rings is 2. The van der Waals surface area contributed by atoms with Crippen molar-refractivity contribution in [3.8, 4) is 5.75 Å². The Labute approximate surface area is 137 Å². The van der Waals surface area contributed by atoms with Gasteiger partial charge in [0, 0.05) is 24.7 Å². The number of aromatic amines is 1. The van der Waals surface area contributed by atoms with Gasteiger partial charge >= 0.3 is 0 Å². The van der Waals surface area contributed by atoms with Gasteiger partial charge in [-0.3, -0.25) is 0 Å². The maximum absolute atomic E-state index is 9.55. The largest absolute Gasteiger partial charge is 1.00 e. The van der Waals surface area contributed by atoms with Crippen molar-refractivity contribution >= 4 is 38.2 Å². The lowest BCUT2D eigenvalue weighted by Gasteiger charge is -2.09. The van der Waals surface area contributed by atoms with Crippen molar-refractivity contribution in [3.05, 3.63) is 58.7 Å². The van der Waals surface area contributed by atoms with Gasteiger partial charge in [0.15, 0.2) is 5.69 Å². The molecule has 3 rings (SSSR count). The third-order valence-corrected chi connectivity index (χ3v) is 3.77. The maximum Gasteiger partial charge on any atom is 0.227 e. The topological polar surface area (TPSA) is 46.4 Å². The monoisotopic (exact) mass is 364 g/mol. The van der Waals surface area contributed by atoms with Crippen molar-refractivity contribution in [1.29, 1.82) is 0 Å². The second-order valence-corrected chi connectivity index (χ2v) is 5.56. The van der Waals surface area contributed by atoms with Crippen molar-refractivity contribution in [2.24, 2.45) is 0 Å². The standard InChI is InChI=1S/C16H13BrN2O.ClH/c1-10-8-15(19-11-4-2-5-12(20)9-11)13-6-3-7-14(17)16(13)18-10;/h2-9,20H,1H3,(H,18,19);1H. The van der Waals surface area contributed by atoms with Gasteiger partial charge in [0.05, 0.1) is 15.5 Å². The average Bonchev–Trinajstić information content (AvgIpc) is 2.40. The SMILES string of the molecule is Cc1cc(Nc2cccc(O)c2)c2cccc(Br)c2[nH+]1.[Cl-]. The normalized spacial score (nSPS) is 10.2. The zero-order valence-corrected chi connectivity index (χ0v) is 13.7. The van der Waals surface area contributed by atoms with Crippen molar-refractivity contribution in [2.45, 2.75) is 6.92 Å². The van der Waals surface area contributed by atoms with E-state index in [4.69, 9.17) is 0 Å². The number of anilines is 2. The molecule has 0 aliphatic heterocycles. The molecule has 0 amide bonds. The first kappa shape index (κ1) is 15.6. The average molecular weight is 366 g/mol. The fourth-order valence-electron chi connectivity index (χ4n) is 2.25. The van der Waals surface area contributed by atoms with Gasteiger partial charge in [0.25, 0.3) is 0 Å². The lowest BCUT2D eigenvalue weighted by atomic mass is 10.1. The molecule has 5 heteroatoms. The van der Waals surface area contributed by atoms with E-state index >= 15 is 0 Å². The lowest BCUT2D eigenvalue weighted by molar-refractivity contribution is -0.355. The molecule has 3 aromatic rings. The van der Waals surface area contributed by atoms with Gasteiger partial charge in [-0.1, -0.05) is 12.1 Å². The number of rotatable bonds is 2. The molecule has 0 bridgehead atoms. The van der Waals surface area contributed by atoms with Crippen LogP contribution in [-0.2, 0) is 0 Å². The minimum Gasteiger partial charge on any atom is -1.00 e. The summed E-state index contributed by atoms with van der Waals surface area (Å²) in [6.07, 6.45) is 0. The van der Waals surface area contributed by atoms with Crippen molar-refractivity contribution < 1.29 is 22.5 Å². The molecule has 0 spiro atoms. The summed E-state index contributed by atoms with van der Waals surface area (Å²) in [7, 11) is 0. The van der Waals surface area contributed by atoms with Gasteiger partial charge in [-0.2, -0.15) is 0 Å². The first-order chi connectivity index (χ1) is 9.63. The van der Waals surface area contributed by atoms with Gasteiger partial charge in [0.2, 0.25) is 5.52 Å². The molecule has 1 heterocycles. The van der Waals surface area contributed by atoms with E-state index < -0.39 is 0 Å². The second kappa shape index (κ2) is 6.33. The number of phenols is 1. The molecule has 0 fully saturated rings. The molecule has 0 radical (unpaired) electrons. The van der Waals surface area contributed by atoms with Crippen LogP contribution in [0.4, 0.5) is 11.4 Å². The Balaban J connectivity index is 0.00000161. The number of hydrogen-bond acceptors (Lipinski definition) is 2. The maximum atomic E-state index is 9.55. The van der Waals surface area contributed by atoms with Gasteiger partial charge in [-0.05, 0) is 40.2 Å². The zero-order valence-electron chi connectivity index (χ0n) is 11.3. The molecule has 21 heavy (non-hydrogen) atoms. The highest BCUT2D eigenvalue weighted by atomic mass is 79.9. The summed E-state index contributed by atoms with van der Waals surface area (Å²) in [5, 5.41) is 14.0. The summed E-state index contributed by atoms with van der Waals surface area (Å²) < 4.78 is 1.03. The van der Waals surface area contributed by atoms with Crippen LogP contribution in [0, 0.1) is 6.92 Å². The summed E-state index contributed by atoms with van der Waals surface area (Å²) in [5.74, 6) is 0.250. The van der Waals surface area contributed by atoms with Crippen LogP contribution in [-0.4, -0.2) is 5.11 Å². The molecule has 0 unspecified atom stereocenters. The van der Waals surface area contributed by atoms with Gasteiger partial charge in [-0.25, -0.2) is 4.98 Å². The number of hydrogen-bond donors (Lipinski definition) is 2. The van der Waals surface area contributed by atoms with Gasteiger partial charge in [-0.15, -0.1) is 0 Å². The first-order valence-corrected chi connectivity index (χ1v) is 7.10. The molecule has 0 saturated heterocycles. The number of aryl methyl sites for hydroxylation is 1. The lowest BCUT2D eigenvalue weighted by Crippen LogP contribution is -3.00. The minimum absolute atomic E-state index is 0. The van der Waals surface area contributed by atoms with E-state index in [1.54, 1.807) is 12.1 Å². The van der Waals surface area contributed by atoms with Crippen LogP contribution in [0.25, 0.3) is 10.9 Å².